The maximum absolute atomic E-state index is 12.3. The zero-order valence-corrected chi connectivity index (χ0v) is 14.2. The van der Waals surface area contributed by atoms with E-state index in [0.717, 1.165) is 13.0 Å². The molecule has 0 aromatic carbocycles. The van der Waals surface area contributed by atoms with Gasteiger partial charge in [-0.05, 0) is 45.8 Å². The van der Waals surface area contributed by atoms with Gasteiger partial charge in [0, 0.05) is 12.5 Å². The van der Waals surface area contributed by atoms with E-state index in [-0.39, 0.29) is 11.8 Å². The van der Waals surface area contributed by atoms with E-state index in [4.69, 9.17) is 4.52 Å². The summed E-state index contributed by atoms with van der Waals surface area (Å²) in [5, 5.41) is 6.94. The van der Waals surface area contributed by atoms with Gasteiger partial charge >= 0.3 is 0 Å². The highest BCUT2D eigenvalue weighted by Gasteiger charge is 2.22. The molecule has 5 heteroatoms. The first-order chi connectivity index (χ1) is 10.6. The maximum atomic E-state index is 12.3. The molecule has 0 spiro atoms. The number of nitrogens with one attached hydrogen (secondary N) is 1. The van der Waals surface area contributed by atoms with E-state index in [0.29, 0.717) is 23.6 Å². The molecule has 1 aromatic rings. The monoisotopic (exact) mass is 307 g/mol. The summed E-state index contributed by atoms with van der Waals surface area (Å²) in [6.07, 6.45) is 6.33. The van der Waals surface area contributed by atoms with Crippen molar-refractivity contribution in [3.8, 4) is 0 Å². The van der Waals surface area contributed by atoms with Gasteiger partial charge in [0.2, 0.25) is 0 Å². The van der Waals surface area contributed by atoms with E-state index in [9.17, 15) is 4.79 Å². The smallest absolute Gasteiger partial charge is 0.256 e. The Morgan fingerprint density at radius 3 is 2.59 bits per heavy atom. The molecule has 1 aliphatic heterocycles. The van der Waals surface area contributed by atoms with Gasteiger partial charge < -0.3 is 14.7 Å². The van der Waals surface area contributed by atoms with Crippen molar-refractivity contribution in [2.24, 2.45) is 0 Å². The van der Waals surface area contributed by atoms with Gasteiger partial charge in [-0.25, -0.2) is 0 Å². The van der Waals surface area contributed by atoms with E-state index in [1.54, 1.807) is 0 Å². The second-order valence-electron chi connectivity index (χ2n) is 6.53. The van der Waals surface area contributed by atoms with Gasteiger partial charge in [0.25, 0.3) is 5.91 Å². The molecule has 1 aliphatic rings. The fourth-order valence-corrected chi connectivity index (χ4v) is 3.01. The number of aryl methyl sites for hydroxylation is 1. The zero-order chi connectivity index (χ0) is 15.9. The Hall–Kier alpha value is -1.36. The minimum absolute atomic E-state index is 0.0571. The van der Waals surface area contributed by atoms with Crippen LogP contribution in [0.3, 0.4) is 0 Å². The summed E-state index contributed by atoms with van der Waals surface area (Å²) in [5.41, 5.74) is 1.29. The Morgan fingerprint density at radius 2 is 1.95 bits per heavy atom. The molecule has 2 rings (SSSR count). The first-order valence-corrected chi connectivity index (χ1v) is 8.56. The number of rotatable bonds is 6. The zero-order valence-electron chi connectivity index (χ0n) is 14.2. The Balaban J connectivity index is 1.77. The summed E-state index contributed by atoms with van der Waals surface area (Å²) in [7, 11) is 0. The molecule has 1 saturated heterocycles. The van der Waals surface area contributed by atoms with Crippen LogP contribution >= 0.6 is 0 Å². The largest absolute Gasteiger partial charge is 0.360 e. The third-order valence-corrected chi connectivity index (χ3v) is 4.28. The molecule has 1 aromatic heterocycles. The van der Waals surface area contributed by atoms with Crippen LogP contribution in [0.25, 0.3) is 0 Å². The van der Waals surface area contributed by atoms with Gasteiger partial charge in [0.1, 0.15) is 5.56 Å². The Morgan fingerprint density at radius 1 is 1.27 bits per heavy atom. The van der Waals surface area contributed by atoms with Crippen molar-refractivity contribution in [1.29, 1.82) is 0 Å². The third kappa shape index (κ3) is 4.57. The van der Waals surface area contributed by atoms with E-state index in [1.807, 2.05) is 20.8 Å². The van der Waals surface area contributed by atoms with E-state index >= 15 is 0 Å². The summed E-state index contributed by atoms with van der Waals surface area (Å²) >= 11 is 0. The van der Waals surface area contributed by atoms with E-state index in [1.165, 1.54) is 38.8 Å². The van der Waals surface area contributed by atoms with Gasteiger partial charge in [-0.2, -0.15) is 0 Å². The average Bonchev–Trinajstić information content (AvgIpc) is 2.71. The summed E-state index contributed by atoms with van der Waals surface area (Å²) in [4.78, 5) is 14.9. The lowest BCUT2D eigenvalue weighted by atomic mass is 10.0. The molecule has 0 aliphatic carbocycles. The van der Waals surface area contributed by atoms with Gasteiger partial charge in [0.15, 0.2) is 5.76 Å². The third-order valence-electron chi connectivity index (χ3n) is 4.28. The van der Waals surface area contributed by atoms with E-state index < -0.39 is 0 Å². The molecule has 0 atom stereocenters. The first-order valence-electron chi connectivity index (χ1n) is 8.56. The van der Waals surface area contributed by atoms with Crippen molar-refractivity contribution < 1.29 is 9.32 Å². The van der Waals surface area contributed by atoms with Crippen LogP contribution < -0.4 is 5.32 Å². The fraction of sp³-hybridized carbons (Fsp3) is 0.765. The topological polar surface area (TPSA) is 58.4 Å². The van der Waals surface area contributed by atoms with Crippen molar-refractivity contribution in [2.45, 2.75) is 58.8 Å². The molecule has 0 saturated carbocycles. The summed E-state index contributed by atoms with van der Waals surface area (Å²) in [6, 6.07) is 0. The lowest BCUT2D eigenvalue weighted by Gasteiger charge is -2.19. The van der Waals surface area contributed by atoms with Crippen LogP contribution in [-0.2, 0) is 0 Å². The van der Waals surface area contributed by atoms with Gasteiger partial charge in [0.05, 0.1) is 5.69 Å². The minimum atomic E-state index is -0.0571. The standard InChI is InChI=1S/C17H29N3O2/c1-13(2)16-15(14(3)19-22-16)17(21)18-9-8-12-20-10-6-4-5-7-11-20/h13H,4-12H2,1-3H3,(H,18,21). The predicted octanol–water partition coefficient (Wildman–Crippen LogP) is 3.10. The SMILES string of the molecule is Cc1noc(C(C)C)c1C(=O)NCCCN1CCCCCC1. The minimum Gasteiger partial charge on any atom is -0.360 e. The van der Waals surface area contributed by atoms with Crippen LogP contribution in [0.1, 0.15) is 73.7 Å². The highest BCUT2D eigenvalue weighted by molar-refractivity contribution is 5.96. The molecule has 2 heterocycles. The number of hydrogen-bond acceptors (Lipinski definition) is 4. The highest BCUT2D eigenvalue weighted by Crippen LogP contribution is 2.21. The Labute approximate surface area is 133 Å². The molecule has 1 amide bonds. The van der Waals surface area contributed by atoms with E-state index in [2.05, 4.69) is 15.4 Å². The molecular weight excluding hydrogens is 278 g/mol. The number of hydrogen-bond donors (Lipinski definition) is 1. The van der Waals surface area contributed by atoms with Crippen LogP contribution in [0.15, 0.2) is 4.52 Å². The van der Waals surface area contributed by atoms with Gasteiger partial charge in [-0.3, -0.25) is 4.79 Å². The quantitative estimate of drug-likeness (QED) is 0.820. The normalized spacial score (nSPS) is 16.7. The first kappa shape index (κ1) is 17.0. The maximum Gasteiger partial charge on any atom is 0.256 e. The van der Waals surface area contributed by atoms with Crippen LogP contribution in [0.4, 0.5) is 0 Å². The number of amides is 1. The molecule has 1 N–H and O–H groups in total. The van der Waals surface area contributed by atoms with Crippen LogP contribution in [0.2, 0.25) is 0 Å². The predicted molar refractivity (Wildman–Crippen MR) is 87.2 cm³/mol. The number of aromatic nitrogens is 1. The number of likely N-dealkylation sites (tertiary alicyclic amines) is 1. The highest BCUT2D eigenvalue weighted by atomic mass is 16.5. The molecule has 5 nitrogen and oxygen atoms in total. The van der Waals surface area contributed by atoms with Crippen LogP contribution in [0.5, 0.6) is 0 Å². The summed E-state index contributed by atoms with van der Waals surface area (Å²) in [6.45, 7) is 10.0. The van der Waals surface area contributed by atoms with Crippen molar-refractivity contribution >= 4 is 5.91 Å². The number of carbonyl (C=O) groups is 1. The molecular formula is C17H29N3O2. The second-order valence-corrected chi connectivity index (χ2v) is 6.53. The van der Waals surface area contributed by atoms with Gasteiger partial charge in [-0.1, -0.05) is 31.8 Å². The number of nitrogens with zero attached hydrogens (tertiary/aromatic N) is 2. The molecule has 124 valence electrons. The molecule has 0 bridgehead atoms. The second kappa shape index (κ2) is 8.32. The van der Waals surface area contributed by atoms with Crippen molar-refractivity contribution in [1.82, 2.24) is 15.4 Å². The van der Waals surface area contributed by atoms with Gasteiger partial charge in [-0.15, -0.1) is 0 Å². The van der Waals surface area contributed by atoms with Crippen molar-refractivity contribution in [3.05, 3.63) is 17.0 Å². The van der Waals surface area contributed by atoms with Crippen LogP contribution in [0, 0.1) is 6.92 Å². The fourth-order valence-electron chi connectivity index (χ4n) is 3.01. The Bertz CT molecular complexity index is 474. The molecule has 0 radical (unpaired) electrons. The molecule has 22 heavy (non-hydrogen) atoms. The number of carbonyl (C=O) groups excluding carboxylic acids is 1. The average molecular weight is 307 g/mol. The summed E-state index contributed by atoms with van der Waals surface area (Å²) in [5.74, 6) is 0.792. The van der Waals surface area contributed by atoms with Crippen LogP contribution in [-0.4, -0.2) is 42.1 Å². The lowest BCUT2D eigenvalue weighted by molar-refractivity contribution is 0.0948. The van der Waals surface area contributed by atoms with Crippen molar-refractivity contribution in [2.75, 3.05) is 26.2 Å². The molecule has 0 unspecified atom stereocenters. The summed E-state index contributed by atoms with van der Waals surface area (Å²) < 4.78 is 5.27. The Kier molecular flexibility index (Phi) is 6.43. The molecule has 1 fully saturated rings. The lowest BCUT2D eigenvalue weighted by Crippen LogP contribution is -2.31. The van der Waals surface area contributed by atoms with Crippen molar-refractivity contribution in [3.63, 3.8) is 0 Å².